The predicted octanol–water partition coefficient (Wildman–Crippen LogP) is 3.31. The number of Topliss-reactive ketones (excluding diaryl/α,β-unsaturated/α-hetero) is 1. The van der Waals surface area contributed by atoms with Crippen LogP contribution in [-0.4, -0.2) is 16.7 Å². The predicted molar refractivity (Wildman–Crippen MR) is 90.2 cm³/mol. The van der Waals surface area contributed by atoms with Gasteiger partial charge in [0.15, 0.2) is 17.3 Å². The van der Waals surface area contributed by atoms with Crippen molar-refractivity contribution in [3.63, 3.8) is 0 Å². The first-order valence-electron chi connectivity index (χ1n) is 8.13. The van der Waals surface area contributed by atoms with Gasteiger partial charge in [0, 0.05) is 12.3 Å². The molecule has 0 amide bonds. The van der Waals surface area contributed by atoms with Gasteiger partial charge in [-0.1, -0.05) is 48.6 Å². The van der Waals surface area contributed by atoms with Crippen molar-refractivity contribution in [3.8, 4) is 5.88 Å². The molecule has 0 fully saturated rings. The summed E-state index contributed by atoms with van der Waals surface area (Å²) in [6.07, 6.45) is 3.52. The Morgan fingerprint density at radius 2 is 2.04 bits per heavy atom. The number of aromatic nitrogens is 1. The molecule has 0 aliphatic heterocycles. The summed E-state index contributed by atoms with van der Waals surface area (Å²) in [5.74, 6) is -0.217. The van der Waals surface area contributed by atoms with Crippen molar-refractivity contribution in [2.75, 3.05) is 0 Å². The quantitative estimate of drug-likeness (QED) is 0.805. The minimum Gasteiger partial charge on any atom is -0.470 e. The monoisotopic (exact) mass is 335 g/mol. The molecule has 1 aromatic heterocycles. The lowest BCUT2D eigenvalue weighted by atomic mass is 9.59. The van der Waals surface area contributed by atoms with E-state index in [0.717, 1.165) is 11.1 Å². The molecule has 5 nitrogen and oxygen atoms in total. The topological polar surface area (TPSA) is 69.4 Å². The SMILES string of the molecule is C=C1C=CC(=O)[C@]2(C)C(=O)c3c(OCc4ccccc4)noc3C[C@H]12. The van der Waals surface area contributed by atoms with E-state index >= 15 is 0 Å². The van der Waals surface area contributed by atoms with Gasteiger partial charge >= 0.3 is 0 Å². The minimum atomic E-state index is -1.17. The molecule has 2 aliphatic rings. The van der Waals surface area contributed by atoms with Crippen molar-refractivity contribution in [3.05, 3.63) is 71.5 Å². The Balaban J connectivity index is 1.68. The highest BCUT2D eigenvalue weighted by Crippen LogP contribution is 2.48. The average molecular weight is 335 g/mol. The molecule has 5 heteroatoms. The van der Waals surface area contributed by atoms with E-state index in [1.165, 1.54) is 6.08 Å². The van der Waals surface area contributed by atoms with E-state index in [1.54, 1.807) is 13.0 Å². The summed E-state index contributed by atoms with van der Waals surface area (Å²) < 4.78 is 11.1. The fourth-order valence-electron chi connectivity index (χ4n) is 3.56. The lowest BCUT2D eigenvalue weighted by Crippen LogP contribution is -2.48. The van der Waals surface area contributed by atoms with Crippen LogP contribution in [0.2, 0.25) is 0 Å². The van der Waals surface area contributed by atoms with Crippen molar-refractivity contribution in [2.24, 2.45) is 11.3 Å². The van der Waals surface area contributed by atoms with E-state index in [1.807, 2.05) is 30.3 Å². The number of allylic oxidation sites excluding steroid dienone is 3. The number of fused-ring (bicyclic) bond motifs is 2. The van der Waals surface area contributed by atoms with Gasteiger partial charge in [-0.05, 0) is 23.7 Å². The van der Waals surface area contributed by atoms with Gasteiger partial charge in [0.2, 0.25) is 0 Å². The van der Waals surface area contributed by atoms with Crippen molar-refractivity contribution < 1.29 is 18.8 Å². The van der Waals surface area contributed by atoms with Crippen molar-refractivity contribution in [1.29, 1.82) is 0 Å². The molecule has 25 heavy (non-hydrogen) atoms. The zero-order valence-corrected chi connectivity index (χ0v) is 13.8. The number of benzene rings is 1. The highest BCUT2D eigenvalue weighted by atomic mass is 16.5. The lowest BCUT2D eigenvalue weighted by molar-refractivity contribution is -0.123. The second-order valence-corrected chi connectivity index (χ2v) is 6.62. The van der Waals surface area contributed by atoms with Gasteiger partial charge in [-0.3, -0.25) is 9.59 Å². The van der Waals surface area contributed by atoms with Crippen LogP contribution in [0.5, 0.6) is 5.88 Å². The zero-order chi connectivity index (χ0) is 17.6. The summed E-state index contributed by atoms with van der Waals surface area (Å²) in [6, 6.07) is 9.58. The highest BCUT2D eigenvalue weighted by Gasteiger charge is 2.55. The third-order valence-electron chi connectivity index (χ3n) is 5.14. The van der Waals surface area contributed by atoms with Gasteiger partial charge in [-0.15, -0.1) is 0 Å². The average Bonchev–Trinajstić information content (AvgIpc) is 3.03. The number of carbonyl (C=O) groups excluding carboxylic acids is 2. The molecule has 2 aliphatic carbocycles. The van der Waals surface area contributed by atoms with Crippen molar-refractivity contribution in [1.82, 2.24) is 5.16 Å². The summed E-state index contributed by atoms with van der Waals surface area (Å²) >= 11 is 0. The molecule has 0 bridgehead atoms. The third-order valence-corrected chi connectivity index (χ3v) is 5.14. The number of ether oxygens (including phenoxy) is 1. The summed E-state index contributed by atoms with van der Waals surface area (Å²) in [4.78, 5) is 25.6. The van der Waals surface area contributed by atoms with Crippen LogP contribution < -0.4 is 4.74 Å². The van der Waals surface area contributed by atoms with Crippen LogP contribution in [0.3, 0.4) is 0 Å². The second kappa shape index (κ2) is 5.55. The Hall–Kier alpha value is -2.95. The molecule has 0 unspecified atom stereocenters. The van der Waals surface area contributed by atoms with E-state index < -0.39 is 5.41 Å². The van der Waals surface area contributed by atoms with Gasteiger partial charge < -0.3 is 9.26 Å². The zero-order valence-electron chi connectivity index (χ0n) is 13.8. The molecule has 0 radical (unpaired) electrons. The van der Waals surface area contributed by atoms with Crippen LogP contribution in [0.25, 0.3) is 0 Å². The van der Waals surface area contributed by atoms with Gasteiger partial charge in [0.1, 0.15) is 17.6 Å². The van der Waals surface area contributed by atoms with Crippen LogP contribution in [0.4, 0.5) is 0 Å². The van der Waals surface area contributed by atoms with Crippen molar-refractivity contribution in [2.45, 2.75) is 20.0 Å². The van der Waals surface area contributed by atoms with E-state index in [9.17, 15) is 9.59 Å². The first-order chi connectivity index (χ1) is 12.0. The molecule has 1 aromatic carbocycles. The Labute approximate surface area is 145 Å². The first kappa shape index (κ1) is 15.6. The molecule has 0 N–H and O–H groups in total. The minimum absolute atomic E-state index is 0.150. The van der Waals surface area contributed by atoms with Crippen LogP contribution in [0.15, 0.2) is 59.2 Å². The van der Waals surface area contributed by atoms with Gasteiger partial charge in [0.25, 0.3) is 5.88 Å². The Morgan fingerprint density at radius 1 is 1.28 bits per heavy atom. The summed E-state index contributed by atoms with van der Waals surface area (Å²) in [5.41, 5.74) is 0.821. The molecular formula is C20H17NO4. The maximum atomic E-state index is 13.1. The van der Waals surface area contributed by atoms with E-state index in [2.05, 4.69) is 11.7 Å². The highest BCUT2D eigenvalue weighted by molar-refractivity contribution is 6.20. The largest absolute Gasteiger partial charge is 0.470 e. The smallest absolute Gasteiger partial charge is 0.265 e. The van der Waals surface area contributed by atoms with Gasteiger partial charge in [-0.2, -0.15) is 0 Å². The maximum Gasteiger partial charge on any atom is 0.265 e. The van der Waals surface area contributed by atoms with Crippen LogP contribution in [0.1, 0.15) is 28.6 Å². The summed E-state index contributed by atoms with van der Waals surface area (Å²) in [6.45, 7) is 5.93. The van der Waals surface area contributed by atoms with Gasteiger partial charge in [0.05, 0.1) is 0 Å². The molecule has 0 spiro atoms. The lowest BCUT2D eigenvalue weighted by Gasteiger charge is -2.39. The molecule has 0 saturated carbocycles. The Morgan fingerprint density at radius 3 is 2.80 bits per heavy atom. The summed E-state index contributed by atoms with van der Waals surface area (Å²) in [7, 11) is 0. The van der Waals surface area contributed by atoms with Crippen molar-refractivity contribution >= 4 is 11.6 Å². The molecule has 126 valence electrons. The summed E-state index contributed by atoms with van der Waals surface area (Å²) in [5, 5.41) is 3.92. The number of hydrogen-bond donors (Lipinski definition) is 0. The Kier molecular flexibility index (Phi) is 3.46. The number of hydrogen-bond acceptors (Lipinski definition) is 5. The number of ketones is 2. The number of rotatable bonds is 3. The third kappa shape index (κ3) is 2.27. The molecule has 2 atom stereocenters. The number of carbonyl (C=O) groups is 2. The van der Waals surface area contributed by atoms with E-state index in [0.29, 0.717) is 12.2 Å². The molecular weight excluding hydrogens is 318 g/mol. The van der Waals surface area contributed by atoms with E-state index in [4.69, 9.17) is 9.26 Å². The van der Waals surface area contributed by atoms with Crippen LogP contribution >= 0.6 is 0 Å². The van der Waals surface area contributed by atoms with Crippen LogP contribution in [0, 0.1) is 11.3 Å². The molecule has 0 saturated heterocycles. The fraction of sp³-hybridized carbons (Fsp3) is 0.250. The standard InChI is InChI=1S/C20H17NO4/c1-12-8-9-16(22)20(2)14(12)10-15-17(18(20)23)19(21-25-15)24-11-13-6-4-3-5-7-13/h3-9,14H,1,10-11H2,2H3/t14-,20-/m1/s1. The first-order valence-corrected chi connectivity index (χ1v) is 8.13. The van der Waals surface area contributed by atoms with E-state index in [-0.39, 0.29) is 35.5 Å². The maximum absolute atomic E-state index is 13.1. The Bertz CT molecular complexity index is 909. The molecule has 1 heterocycles. The van der Waals surface area contributed by atoms with Crippen LogP contribution in [-0.2, 0) is 17.8 Å². The second-order valence-electron chi connectivity index (χ2n) is 6.62. The molecule has 4 rings (SSSR count). The normalized spacial score (nSPS) is 24.8. The van der Waals surface area contributed by atoms with Gasteiger partial charge in [-0.25, -0.2) is 0 Å². The fourth-order valence-corrected chi connectivity index (χ4v) is 3.56. The number of nitrogens with zero attached hydrogens (tertiary/aromatic N) is 1. The molecule has 2 aromatic rings.